The van der Waals surface area contributed by atoms with Gasteiger partial charge in [-0.1, -0.05) is 37.3 Å². The molecule has 0 spiro atoms. The first-order valence-corrected chi connectivity index (χ1v) is 6.10. The van der Waals surface area contributed by atoms with Crippen molar-refractivity contribution in [1.29, 1.82) is 0 Å². The Bertz CT molecular complexity index is 493. The van der Waals surface area contributed by atoms with Crippen molar-refractivity contribution >= 4 is 16.5 Å². The molecule has 17 heavy (non-hydrogen) atoms. The molecule has 0 aromatic heterocycles. The van der Waals surface area contributed by atoms with E-state index in [9.17, 15) is 0 Å². The van der Waals surface area contributed by atoms with Crippen LogP contribution in [0.25, 0.3) is 10.8 Å². The van der Waals surface area contributed by atoms with Gasteiger partial charge in [0.1, 0.15) is 0 Å². The summed E-state index contributed by atoms with van der Waals surface area (Å²) in [4.78, 5) is 2.27. The predicted molar refractivity (Wildman–Crippen MR) is 75.4 cm³/mol. The molecule has 2 heteroatoms. The fourth-order valence-corrected chi connectivity index (χ4v) is 2.06. The minimum atomic E-state index is 0.520. The van der Waals surface area contributed by atoms with Crippen molar-refractivity contribution in [2.75, 3.05) is 25.0 Å². The third-order valence-corrected chi connectivity index (χ3v) is 3.16. The van der Waals surface area contributed by atoms with Crippen molar-refractivity contribution in [3.05, 3.63) is 42.5 Å². The molecule has 0 radical (unpaired) electrons. The summed E-state index contributed by atoms with van der Waals surface area (Å²) in [6.07, 6.45) is 0. The van der Waals surface area contributed by atoms with Crippen LogP contribution in [0, 0.1) is 5.92 Å². The van der Waals surface area contributed by atoms with Crippen molar-refractivity contribution in [3.8, 4) is 0 Å². The highest BCUT2D eigenvalue weighted by molar-refractivity contribution is 5.85. The van der Waals surface area contributed by atoms with Crippen molar-refractivity contribution in [2.45, 2.75) is 6.92 Å². The van der Waals surface area contributed by atoms with Crippen molar-refractivity contribution in [3.63, 3.8) is 0 Å². The number of hydrogen-bond acceptors (Lipinski definition) is 2. The molecule has 0 heterocycles. The van der Waals surface area contributed by atoms with E-state index >= 15 is 0 Å². The molecule has 0 aliphatic rings. The van der Waals surface area contributed by atoms with Gasteiger partial charge in [0, 0.05) is 19.3 Å². The summed E-state index contributed by atoms with van der Waals surface area (Å²) in [7, 11) is 2.12. The quantitative estimate of drug-likeness (QED) is 0.872. The second-order valence-electron chi connectivity index (χ2n) is 4.75. The van der Waals surface area contributed by atoms with E-state index in [1.54, 1.807) is 0 Å². The first-order valence-electron chi connectivity index (χ1n) is 6.10. The number of anilines is 1. The normalized spacial score (nSPS) is 12.6. The molecule has 1 atom stereocenters. The average molecular weight is 228 g/mol. The maximum atomic E-state index is 5.66. The lowest BCUT2D eigenvalue weighted by Crippen LogP contribution is -2.28. The Morgan fingerprint density at radius 3 is 2.53 bits per heavy atom. The van der Waals surface area contributed by atoms with Gasteiger partial charge < -0.3 is 10.6 Å². The fourth-order valence-electron chi connectivity index (χ4n) is 2.06. The molecule has 1 unspecified atom stereocenters. The van der Waals surface area contributed by atoms with Crippen LogP contribution in [-0.4, -0.2) is 20.1 Å². The maximum absolute atomic E-state index is 5.66. The van der Waals surface area contributed by atoms with E-state index in [2.05, 4.69) is 61.3 Å². The van der Waals surface area contributed by atoms with Gasteiger partial charge in [0.25, 0.3) is 0 Å². The van der Waals surface area contributed by atoms with Crippen LogP contribution in [0.15, 0.2) is 42.5 Å². The smallest absolute Gasteiger partial charge is 0.0370 e. The van der Waals surface area contributed by atoms with E-state index in [0.29, 0.717) is 5.92 Å². The lowest BCUT2D eigenvalue weighted by Gasteiger charge is -2.23. The van der Waals surface area contributed by atoms with Crippen LogP contribution in [0.5, 0.6) is 0 Å². The van der Waals surface area contributed by atoms with Crippen molar-refractivity contribution in [2.24, 2.45) is 11.7 Å². The van der Waals surface area contributed by atoms with Crippen LogP contribution in [0.4, 0.5) is 5.69 Å². The lowest BCUT2D eigenvalue weighted by molar-refractivity contribution is 0.590. The number of nitrogens with zero attached hydrogens (tertiary/aromatic N) is 1. The first kappa shape index (κ1) is 11.9. The molecular weight excluding hydrogens is 208 g/mol. The second kappa shape index (κ2) is 5.19. The van der Waals surface area contributed by atoms with Crippen LogP contribution in [0.3, 0.4) is 0 Å². The number of fused-ring (bicyclic) bond motifs is 1. The molecular formula is C15H20N2. The van der Waals surface area contributed by atoms with Gasteiger partial charge in [-0.25, -0.2) is 0 Å². The minimum absolute atomic E-state index is 0.520. The van der Waals surface area contributed by atoms with Gasteiger partial charge in [-0.15, -0.1) is 0 Å². The molecule has 0 saturated heterocycles. The SMILES string of the molecule is CC(CN)CN(C)c1ccc2ccccc2c1. The van der Waals surface area contributed by atoms with Crippen LogP contribution in [0.1, 0.15) is 6.92 Å². The molecule has 0 aliphatic carbocycles. The van der Waals surface area contributed by atoms with Crippen LogP contribution >= 0.6 is 0 Å². The highest BCUT2D eigenvalue weighted by Crippen LogP contribution is 2.21. The fraction of sp³-hybridized carbons (Fsp3) is 0.333. The number of benzene rings is 2. The summed E-state index contributed by atoms with van der Waals surface area (Å²) < 4.78 is 0. The summed E-state index contributed by atoms with van der Waals surface area (Å²) in [5.74, 6) is 0.520. The zero-order chi connectivity index (χ0) is 12.3. The molecule has 0 bridgehead atoms. The lowest BCUT2D eigenvalue weighted by atomic mass is 10.1. The first-order chi connectivity index (χ1) is 8.20. The Hall–Kier alpha value is -1.54. The Balaban J connectivity index is 2.23. The molecule has 0 aliphatic heterocycles. The van der Waals surface area contributed by atoms with Crippen molar-refractivity contribution in [1.82, 2.24) is 0 Å². The molecule has 0 fully saturated rings. The Morgan fingerprint density at radius 2 is 1.82 bits per heavy atom. The van der Waals surface area contributed by atoms with Gasteiger partial charge in [0.05, 0.1) is 0 Å². The maximum Gasteiger partial charge on any atom is 0.0370 e. The van der Waals surface area contributed by atoms with E-state index in [1.165, 1.54) is 16.5 Å². The number of hydrogen-bond donors (Lipinski definition) is 1. The van der Waals surface area contributed by atoms with E-state index in [-0.39, 0.29) is 0 Å². The molecule has 0 amide bonds. The molecule has 2 aromatic carbocycles. The summed E-state index contributed by atoms with van der Waals surface area (Å²) >= 11 is 0. The summed E-state index contributed by atoms with van der Waals surface area (Å²) in [5.41, 5.74) is 6.92. The van der Waals surface area contributed by atoms with Gasteiger partial charge in [0.15, 0.2) is 0 Å². The van der Waals surface area contributed by atoms with Gasteiger partial charge in [-0.05, 0) is 35.4 Å². The summed E-state index contributed by atoms with van der Waals surface area (Å²) in [5, 5.41) is 2.58. The van der Waals surface area contributed by atoms with Gasteiger partial charge in [0.2, 0.25) is 0 Å². The van der Waals surface area contributed by atoms with Crippen LogP contribution in [0.2, 0.25) is 0 Å². The molecule has 2 nitrogen and oxygen atoms in total. The monoisotopic (exact) mass is 228 g/mol. The van der Waals surface area contributed by atoms with Crippen LogP contribution < -0.4 is 10.6 Å². The van der Waals surface area contributed by atoms with Gasteiger partial charge >= 0.3 is 0 Å². The van der Waals surface area contributed by atoms with E-state index in [4.69, 9.17) is 5.73 Å². The van der Waals surface area contributed by atoms with E-state index < -0.39 is 0 Å². The Labute approximate surface area is 103 Å². The highest BCUT2D eigenvalue weighted by atomic mass is 15.1. The van der Waals surface area contributed by atoms with Crippen molar-refractivity contribution < 1.29 is 0 Å². The van der Waals surface area contributed by atoms with E-state index in [1.807, 2.05) is 0 Å². The van der Waals surface area contributed by atoms with Crippen LogP contribution in [-0.2, 0) is 0 Å². The summed E-state index contributed by atoms with van der Waals surface area (Å²) in [6.45, 7) is 3.91. The third kappa shape index (κ3) is 2.77. The van der Waals surface area contributed by atoms with Gasteiger partial charge in [-0.2, -0.15) is 0 Å². The Kier molecular flexibility index (Phi) is 3.64. The average Bonchev–Trinajstić information content (AvgIpc) is 2.38. The largest absolute Gasteiger partial charge is 0.374 e. The number of nitrogens with two attached hydrogens (primary N) is 1. The van der Waals surface area contributed by atoms with E-state index in [0.717, 1.165) is 13.1 Å². The molecule has 2 aromatic rings. The second-order valence-corrected chi connectivity index (χ2v) is 4.75. The highest BCUT2D eigenvalue weighted by Gasteiger charge is 2.06. The molecule has 2 rings (SSSR count). The van der Waals surface area contributed by atoms with Gasteiger partial charge in [-0.3, -0.25) is 0 Å². The topological polar surface area (TPSA) is 29.3 Å². The summed E-state index contributed by atoms with van der Waals surface area (Å²) in [6, 6.07) is 15.0. The molecule has 0 saturated carbocycles. The zero-order valence-corrected chi connectivity index (χ0v) is 10.6. The zero-order valence-electron chi connectivity index (χ0n) is 10.6. The Morgan fingerprint density at radius 1 is 1.12 bits per heavy atom. The molecule has 90 valence electrons. The predicted octanol–water partition coefficient (Wildman–Crippen LogP) is 2.87. The minimum Gasteiger partial charge on any atom is -0.374 e. The standard InChI is InChI=1S/C15H20N2/c1-12(10-16)11-17(2)15-8-7-13-5-3-4-6-14(13)9-15/h3-9,12H,10-11,16H2,1-2H3. The molecule has 2 N–H and O–H groups in total. The third-order valence-electron chi connectivity index (χ3n) is 3.16. The number of rotatable bonds is 4.